The zero-order chi connectivity index (χ0) is 13.7. The van der Waals surface area contributed by atoms with E-state index in [-0.39, 0.29) is 18.6 Å². The number of phosphoric acid groups is 1. The molecule has 0 saturated heterocycles. The molecular formula is C7H14O8P2. The van der Waals surface area contributed by atoms with Gasteiger partial charge in [-0.1, -0.05) is 6.58 Å². The van der Waals surface area contributed by atoms with Gasteiger partial charge in [-0.3, -0.25) is 4.57 Å². The highest BCUT2D eigenvalue weighted by Gasteiger charge is 2.30. The summed E-state index contributed by atoms with van der Waals surface area (Å²) in [5.74, 6) is -0.645. The topological polar surface area (TPSA) is 130 Å². The monoisotopic (exact) mass is 288 g/mol. The Hall–Kier alpha value is -0.490. The van der Waals surface area contributed by atoms with Crippen LogP contribution in [0.3, 0.4) is 0 Å². The minimum Gasteiger partial charge on any atom is -0.462 e. The number of hydrogen-bond donors (Lipinski definition) is 3. The Morgan fingerprint density at radius 1 is 1.29 bits per heavy atom. The van der Waals surface area contributed by atoms with Crippen molar-refractivity contribution in [3.05, 3.63) is 12.2 Å². The van der Waals surface area contributed by atoms with Crippen LogP contribution in [0.15, 0.2) is 12.2 Å². The van der Waals surface area contributed by atoms with E-state index in [1.807, 2.05) is 0 Å². The largest absolute Gasteiger partial charge is 0.476 e. The van der Waals surface area contributed by atoms with E-state index in [1.165, 1.54) is 6.92 Å². The van der Waals surface area contributed by atoms with Crippen LogP contribution in [0.1, 0.15) is 13.3 Å². The van der Waals surface area contributed by atoms with Gasteiger partial charge in [0.2, 0.25) is 0 Å². The van der Waals surface area contributed by atoms with Crippen molar-refractivity contribution in [1.82, 2.24) is 0 Å². The molecule has 0 amide bonds. The zero-order valence-corrected chi connectivity index (χ0v) is 10.9. The molecule has 0 aromatic rings. The fourth-order valence-corrected chi connectivity index (χ4v) is 2.94. The van der Waals surface area contributed by atoms with Gasteiger partial charge >= 0.3 is 21.4 Å². The summed E-state index contributed by atoms with van der Waals surface area (Å²) in [6, 6.07) is 0. The molecule has 1 unspecified atom stereocenters. The molecule has 0 fully saturated rings. The van der Waals surface area contributed by atoms with Gasteiger partial charge in [0.25, 0.3) is 0 Å². The Kier molecular flexibility index (Phi) is 6.26. The van der Waals surface area contributed by atoms with Gasteiger partial charge in [0.1, 0.15) is 0 Å². The number of ether oxygens (including phenoxy) is 1. The van der Waals surface area contributed by atoms with Crippen LogP contribution in [0.5, 0.6) is 0 Å². The van der Waals surface area contributed by atoms with Crippen molar-refractivity contribution in [2.75, 3.05) is 12.8 Å². The smallest absolute Gasteiger partial charge is 0.462 e. The molecule has 0 heterocycles. The Bertz CT molecular complexity index is 383. The molecule has 0 aliphatic carbocycles. The minimum atomic E-state index is -5.01. The number of esters is 1. The first kappa shape index (κ1) is 16.5. The molecule has 0 aromatic heterocycles. The van der Waals surface area contributed by atoms with E-state index >= 15 is 0 Å². The molecule has 0 saturated carbocycles. The van der Waals surface area contributed by atoms with E-state index in [4.69, 9.17) is 14.7 Å². The van der Waals surface area contributed by atoms with Crippen LogP contribution in [-0.4, -0.2) is 33.4 Å². The first-order chi connectivity index (χ1) is 7.53. The SMILES string of the molecule is C=C(C)C(=O)OCCCP(=O)(O)OP(=O)(O)O. The third-order valence-electron chi connectivity index (χ3n) is 1.40. The maximum atomic E-state index is 11.1. The number of hydrogen-bond acceptors (Lipinski definition) is 5. The van der Waals surface area contributed by atoms with Crippen molar-refractivity contribution < 1.29 is 37.7 Å². The summed E-state index contributed by atoms with van der Waals surface area (Å²) in [5.41, 5.74) is 0.184. The van der Waals surface area contributed by atoms with Crippen molar-refractivity contribution >= 4 is 21.4 Å². The van der Waals surface area contributed by atoms with E-state index in [0.29, 0.717) is 0 Å². The predicted molar refractivity (Wildman–Crippen MR) is 58.2 cm³/mol. The van der Waals surface area contributed by atoms with Crippen LogP contribution < -0.4 is 0 Å². The second-order valence-electron chi connectivity index (χ2n) is 3.20. The van der Waals surface area contributed by atoms with E-state index in [9.17, 15) is 13.9 Å². The molecule has 0 spiro atoms. The Labute approximate surface area is 98.0 Å². The van der Waals surface area contributed by atoms with E-state index in [0.717, 1.165) is 0 Å². The lowest BCUT2D eigenvalue weighted by Gasteiger charge is -2.12. The van der Waals surface area contributed by atoms with Crippen molar-refractivity contribution in [1.29, 1.82) is 0 Å². The number of carbonyl (C=O) groups excluding carboxylic acids is 1. The van der Waals surface area contributed by atoms with Crippen molar-refractivity contribution in [2.24, 2.45) is 0 Å². The molecule has 3 N–H and O–H groups in total. The van der Waals surface area contributed by atoms with E-state index in [2.05, 4.69) is 15.6 Å². The lowest BCUT2D eigenvalue weighted by molar-refractivity contribution is -0.138. The third kappa shape index (κ3) is 9.23. The molecule has 17 heavy (non-hydrogen) atoms. The summed E-state index contributed by atoms with van der Waals surface area (Å²) in [6.45, 7) is 4.60. The quantitative estimate of drug-likeness (QED) is 0.271. The summed E-state index contributed by atoms with van der Waals surface area (Å²) < 4.78 is 29.7. The van der Waals surface area contributed by atoms with Crippen molar-refractivity contribution in [3.63, 3.8) is 0 Å². The third-order valence-corrected chi connectivity index (χ3v) is 4.15. The molecule has 0 radical (unpaired) electrons. The van der Waals surface area contributed by atoms with E-state index in [1.54, 1.807) is 0 Å². The molecular weight excluding hydrogens is 274 g/mol. The molecule has 0 aromatic carbocycles. The second-order valence-corrected chi connectivity index (χ2v) is 6.56. The molecule has 0 aliphatic heterocycles. The highest BCUT2D eigenvalue weighted by molar-refractivity contribution is 7.63. The molecule has 0 aliphatic rings. The highest BCUT2D eigenvalue weighted by Crippen LogP contribution is 2.56. The summed E-state index contributed by atoms with van der Waals surface area (Å²) in [5, 5.41) is 0. The zero-order valence-electron chi connectivity index (χ0n) is 9.11. The number of rotatable bonds is 7. The summed E-state index contributed by atoms with van der Waals surface area (Å²) in [4.78, 5) is 36.6. The molecule has 10 heteroatoms. The second kappa shape index (κ2) is 6.44. The predicted octanol–water partition coefficient (Wildman–Crippen LogP) is 0.790. The first-order valence-electron chi connectivity index (χ1n) is 4.45. The maximum absolute atomic E-state index is 11.1. The fraction of sp³-hybridized carbons (Fsp3) is 0.571. The van der Waals surface area contributed by atoms with Gasteiger partial charge in [0.05, 0.1) is 12.8 Å². The first-order valence-corrected chi connectivity index (χ1v) is 7.74. The average Bonchev–Trinajstić information content (AvgIpc) is 2.07. The van der Waals surface area contributed by atoms with Gasteiger partial charge in [-0.05, 0) is 13.3 Å². The summed E-state index contributed by atoms with van der Waals surface area (Å²) >= 11 is 0. The minimum absolute atomic E-state index is 0.0627. The summed E-state index contributed by atoms with van der Waals surface area (Å²) in [7, 11) is -9.38. The summed E-state index contributed by atoms with van der Waals surface area (Å²) in [6.07, 6.45) is -0.589. The van der Waals surface area contributed by atoms with Crippen LogP contribution >= 0.6 is 15.4 Å². The normalized spacial score (nSPS) is 15.1. The maximum Gasteiger partial charge on any atom is 0.476 e. The fourth-order valence-electron chi connectivity index (χ4n) is 0.759. The van der Waals surface area contributed by atoms with Gasteiger partial charge in [-0.15, -0.1) is 0 Å². The molecule has 100 valence electrons. The lowest BCUT2D eigenvalue weighted by Crippen LogP contribution is -2.07. The van der Waals surface area contributed by atoms with Crippen LogP contribution in [0.25, 0.3) is 0 Å². The average molecular weight is 288 g/mol. The van der Waals surface area contributed by atoms with Crippen LogP contribution in [0, 0.1) is 0 Å². The standard InChI is InChI=1S/C7H14O8P2/c1-6(2)7(8)14-4-3-5-16(9,10)15-17(11,12)13/h1,3-5H2,2H3,(H,9,10)(H2,11,12,13). The number of carbonyl (C=O) groups is 1. The Balaban J connectivity index is 3.97. The van der Waals surface area contributed by atoms with Crippen molar-refractivity contribution in [2.45, 2.75) is 13.3 Å². The molecule has 0 rings (SSSR count). The van der Waals surface area contributed by atoms with Crippen LogP contribution in [0.4, 0.5) is 0 Å². The van der Waals surface area contributed by atoms with Gasteiger partial charge < -0.3 is 19.4 Å². The van der Waals surface area contributed by atoms with Crippen LogP contribution in [-0.2, 0) is 23.0 Å². The van der Waals surface area contributed by atoms with Crippen molar-refractivity contribution in [3.8, 4) is 0 Å². The van der Waals surface area contributed by atoms with E-state index < -0.39 is 27.5 Å². The highest BCUT2D eigenvalue weighted by atomic mass is 31.3. The van der Waals surface area contributed by atoms with Gasteiger partial charge in [0, 0.05) is 5.57 Å². The van der Waals surface area contributed by atoms with Gasteiger partial charge in [-0.25, -0.2) is 13.7 Å². The Morgan fingerprint density at radius 2 is 1.82 bits per heavy atom. The van der Waals surface area contributed by atoms with Crippen LogP contribution in [0.2, 0.25) is 0 Å². The molecule has 0 bridgehead atoms. The molecule has 8 nitrogen and oxygen atoms in total. The lowest BCUT2D eigenvalue weighted by atomic mass is 10.4. The molecule has 1 atom stereocenters. The van der Waals surface area contributed by atoms with Gasteiger partial charge in [0.15, 0.2) is 0 Å². The van der Waals surface area contributed by atoms with Gasteiger partial charge in [-0.2, -0.15) is 0 Å². The Morgan fingerprint density at radius 3 is 2.24 bits per heavy atom.